The van der Waals surface area contributed by atoms with Crippen LogP contribution in [-0.4, -0.2) is 36.2 Å². The number of esters is 1. The van der Waals surface area contributed by atoms with Gasteiger partial charge in [-0.15, -0.1) is 0 Å². The van der Waals surface area contributed by atoms with E-state index >= 15 is 0 Å². The van der Waals surface area contributed by atoms with Crippen molar-refractivity contribution < 1.29 is 24.2 Å². The minimum atomic E-state index is -0.920. The van der Waals surface area contributed by atoms with E-state index in [4.69, 9.17) is 9.47 Å². The lowest BCUT2D eigenvalue weighted by atomic mass is 9.67. The van der Waals surface area contributed by atoms with Gasteiger partial charge in [0.15, 0.2) is 0 Å². The summed E-state index contributed by atoms with van der Waals surface area (Å²) in [6.45, 7) is 2.61. The van der Waals surface area contributed by atoms with Crippen molar-refractivity contribution in [1.82, 2.24) is 5.32 Å². The fourth-order valence-corrected chi connectivity index (χ4v) is 7.38. The van der Waals surface area contributed by atoms with Crippen LogP contribution in [0.15, 0.2) is 48.5 Å². The predicted octanol–water partition coefficient (Wildman–Crippen LogP) is 6.06. The molecule has 0 aliphatic heterocycles. The van der Waals surface area contributed by atoms with Crippen LogP contribution in [0.25, 0.3) is 0 Å². The van der Waals surface area contributed by atoms with Crippen molar-refractivity contribution in [2.24, 2.45) is 23.2 Å². The number of hydrogen-bond acceptors (Lipinski definition) is 5. The van der Waals surface area contributed by atoms with Crippen molar-refractivity contribution in [2.75, 3.05) is 13.2 Å². The SMILES string of the molecule is CCOC(=O)c1ccc(Oc2ccc(CCNC(=O)C(O)CCC34CC5CCCC(C3)C(C5)C4)cc2)cc1. The van der Waals surface area contributed by atoms with Crippen molar-refractivity contribution in [3.8, 4) is 11.5 Å². The number of nitrogens with one attached hydrogen (secondary N) is 1. The Bertz CT molecular complexity index is 1090. The number of ether oxygens (including phenoxy) is 2. The fourth-order valence-electron chi connectivity index (χ4n) is 7.38. The van der Waals surface area contributed by atoms with Gasteiger partial charge in [0.1, 0.15) is 17.6 Å². The van der Waals surface area contributed by atoms with Crippen molar-refractivity contribution >= 4 is 11.9 Å². The average Bonchev–Trinajstić information content (AvgIpc) is 3.08. The van der Waals surface area contributed by atoms with E-state index in [0.717, 1.165) is 29.7 Å². The van der Waals surface area contributed by atoms with Gasteiger partial charge in [-0.25, -0.2) is 4.79 Å². The Labute approximate surface area is 226 Å². The molecule has 2 N–H and O–H groups in total. The average molecular weight is 520 g/mol. The molecule has 0 aromatic heterocycles. The van der Waals surface area contributed by atoms with Gasteiger partial charge >= 0.3 is 5.97 Å². The van der Waals surface area contributed by atoms with Crippen LogP contribution in [0, 0.1) is 23.2 Å². The van der Waals surface area contributed by atoms with E-state index in [0.29, 0.717) is 48.5 Å². The Balaban J connectivity index is 1.03. The van der Waals surface area contributed by atoms with Crippen LogP contribution in [0.2, 0.25) is 0 Å². The number of carbonyl (C=O) groups excluding carboxylic acids is 2. The number of benzene rings is 2. The summed E-state index contributed by atoms with van der Waals surface area (Å²) < 4.78 is 10.9. The molecule has 6 heteroatoms. The second-order valence-corrected chi connectivity index (χ2v) is 11.8. The first-order valence-electron chi connectivity index (χ1n) is 14.4. The van der Waals surface area contributed by atoms with Crippen LogP contribution in [-0.2, 0) is 16.0 Å². The van der Waals surface area contributed by atoms with Gasteiger partial charge in [0.05, 0.1) is 12.2 Å². The van der Waals surface area contributed by atoms with Crippen LogP contribution in [0.4, 0.5) is 0 Å². The molecule has 5 rings (SSSR count). The minimum absolute atomic E-state index is 0.252. The van der Waals surface area contributed by atoms with E-state index in [1.165, 1.54) is 44.9 Å². The van der Waals surface area contributed by atoms with Crippen molar-refractivity contribution in [3.63, 3.8) is 0 Å². The predicted molar refractivity (Wildman–Crippen MR) is 146 cm³/mol. The molecule has 38 heavy (non-hydrogen) atoms. The molecule has 5 atom stereocenters. The molecule has 2 aromatic rings. The zero-order valence-corrected chi connectivity index (χ0v) is 22.5. The smallest absolute Gasteiger partial charge is 0.338 e. The fraction of sp³-hybridized carbons (Fsp3) is 0.562. The topological polar surface area (TPSA) is 84.9 Å². The monoisotopic (exact) mass is 519 g/mol. The Morgan fingerprint density at radius 2 is 1.71 bits per heavy atom. The van der Waals surface area contributed by atoms with E-state index in [2.05, 4.69) is 5.32 Å². The maximum Gasteiger partial charge on any atom is 0.338 e. The number of carbonyl (C=O) groups is 2. The number of aliphatic hydroxyl groups is 1. The molecule has 0 radical (unpaired) electrons. The first-order valence-corrected chi connectivity index (χ1v) is 14.4. The summed E-state index contributed by atoms with van der Waals surface area (Å²) in [5, 5.41) is 13.5. The molecular weight excluding hydrogens is 478 g/mol. The van der Waals surface area contributed by atoms with E-state index in [1.54, 1.807) is 31.2 Å². The third kappa shape index (κ3) is 6.40. The maximum absolute atomic E-state index is 12.6. The van der Waals surface area contributed by atoms with E-state index in [9.17, 15) is 14.7 Å². The van der Waals surface area contributed by atoms with Crippen LogP contribution in [0.3, 0.4) is 0 Å². The third-order valence-electron chi connectivity index (χ3n) is 9.09. The van der Waals surface area contributed by atoms with Crippen LogP contribution >= 0.6 is 0 Å². The molecule has 0 saturated heterocycles. The van der Waals surface area contributed by atoms with E-state index < -0.39 is 6.10 Å². The number of aliphatic hydroxyl groups excluding tert-OH is 1. The lowest BCUT2D eigenvalue weighted by Gasteiger charge is -2.38. The summed E-state index contributed by atoms with van der Waals surface area (Å²) in [7, 11) is 0. The highest BCUT2D eigenvalue weighted by molar-refractivity contribution is 5.89. The highest BCUT2D eigenvalue weighted by Crippen LogP contribution is 2.61. The van der Waals surface area contributed by atoms with Gasteiger partial charge in [-0.3, -0.25) is 4.79 Å². The lowest BCUT2D eigenvalue weighted by molar-refractivity contribution is -0.130. The number of hydrogen-bond donors (Lipinski definition) is 2. The maximum atomic E-state index is 12.6. The van der Waals surface area contributed by atoms with Gasteiger partial charge in [0.25, 0.3) is 0 Å². The number of amides is 1. The summed E-state index contributed by atoms with van der Waals surface area (Å²) in [6.07, 6.45) is 10.9. The number of rotatable bonds is 11. The minimum Gasteiger partial charge on any atom is -0.462 e. The molecule has 3 aliphatic rings. The van der Waals surface area contributed by atoms with Crippen LogP contribution in [0.5, 0.6) is 11.5 Å². The molecule has 1 amide bonds. The van der Waals surface area contributed by atoms with Gasteiger partial charge in [0, 0.05) is 6.54 Å². The molecule has 0 spiro atoms. The van der Waals surface area contributed by atoms with Crippen molar-refractivity contribution in [3.05, 3.63) is 59.7 Å². The van der Waals surface area contributed by atoms with Gasteiger partial charge in [0.2, 0.25) is 5.91 Å². The summed E-state index contributed by atoms with van der Waals surface area (Å²) in [5.74, 6) is 3.40. The first kappa shape index (κ1) is 26.7. The Kier molecular flexibility index (Phi) is 8.37. The summed E-state index contributed by atoms with van der Waals surface area (Å²) in [4.78, 5) is 24.3. The summed E-state index contributed by atoms with van der Waals surface area (Å²) in [6, 6.07) is 14.6. The van der Waals surface area contributed by atoms with Crippen molar-refractivity contribution in [2.45, 2.75) is 77.2 Å². The van der Waals surface area contributed by atoms with Gasteiger partial charge < -0.3 is 19.9 Å². The van der Waals surface area contributed by atoms with Gasteiger partial charge in [-0.1, -0.05) is 31.4 Å². The molecule has 0 heterocycles. The molecule has 3 saturated carbocycles. The second-order valence-electron chi connectivity index (χ2n) is 11.8. The van der Waals surface area contributed by atoms with Gasteiger partial charge in [-0.05, 0) is 117 Å². The largest absolute Gasteiger partial charge is 0.462 e. The normalized spacial score (nSPS) is 26.4. The zero-order valence-electron chi connectivity index (χ0n) is 22.5. The molecule has 3 fully saturated rings. The third-order valence-corrected chi connectivity index (χ3v) is 9.09. The summed E-state index contributed by atoms with van der Waals surface area (Å²) >= 11 is 0. The molecule has 204 valence electrons. The first-order chi connectivity index (χ1) is 18.4. The molecule has 6 nitrogen and oxygen atoms in total. The van der Waals surface area contributed by atoms with Crippen LogP contribution < -0.4 is 10.1 Å². The standard InChI is InChI=1S/C32H41NO5/c1-2-37-31(36)24-8-12-28(13-9-24)38-27-10-6-22(7-11-27)15-17-33-30(35)29(34)14-16-32-19-23-4-3-5-25(20-32)26(18-23)21-32/h6-13,23,25-26,29,34H,2-5,14-21H2,1H3,(H,33,35). The number of fused-ring (bicyclic) bond motifs is 2. The van der Waals surface area contributed by atoms with Crippen LogP contribution in [0.1, 0.15) is 80.6 Å². The molecule has 2 aromatic carbocycles. The zero-order chi connectivity index (χ0) is 26.5. The molecule has 5 unspecified atom stereocenters. The Morgan fingerprint density at radius 3 is 2.45 bits per heavy atom. The highest BCUT2D eigenvalue weighted by atomic mass is 16.5. The quantitative estimate of drug-likeness (QED) is 0.353. The van der Waals surface area contributed by atoms with E-state index in [1.807, 2.05) is 24.3 Å². The van der Waals surface area contributed by atoms with E-state index in [-0.39, 0.29) is 11.9 Å². The Morgan fingerprint density at radius 1 is 1.00 bits per heavy atom. The van der Waals surface area contributed by atoms with Crippen molar-refractivity contribution in [1.29, 1.82) is 0 Å². The Hall–Kier alpha value is -2.86. The highest BCUT2D eigenvalue weighted by Gasteiger charge is 2.51. The molecule has 3 aliphatic carbocycles. The lowest BCUT2D eigenvalue weighted by Crippen LogP contribution is -2.37. The molecule has 3 bridgehead atoms. The van der Waals surface area contributed by atoms with Gasteiger partial charge in [-0.2, -0.15) is 0 Å². The molecular formula is C32H41NO5. The summed E-state index contributed by atoms with van der Waals surface area (Å²) in [5.41, 5.74) is 1.95. The second kappa shape index (κ2) is 11.9.